The summed E-state index contributed by atoms with van der Waals surface area (Å²) < 4.78 is 2.43. The van der Waals surface area contributed by atoms with E-state index in [1.165, 1.54) is 44.1 Å². The van der Waals surface area contributed by atoms with Crippen LogP contribution in [0.25, 0.3) is 27.5 Å². The summed E-state index contributed by atoms with van der Waals surface area (Å²) in [6.07, 6.45) is 0. The molecule has 2 heteroatoms. The first-order valence-corrected chi connectivity index (χ1v) is 15.5. The van der Waals surface area contributed by atoms with Crippen LogP contribution in [0, 0.1) is 0 Å². The highest BCUT2D eigenvalue weighted by Crippen LogP contribution is 2.38. The fraction of sp³-hybridized carbons (Fsp3) is 0.400. The number of benzene rings is 4. The Labute approximate surface area is 254 Å². The van der Waals surface area contributed by atoms with Crippen LogP contribution in [0.15, 0.2) is 78.9 Å². The number of nitrogens with zero attached hydrogens (tertiary/aromatic N) is 1. The van der Waals surface area contributed by atoms with Crippen molar-refractivity contribution in [2.45, 2.75) is 105 Å². The first kappa shape index (κ1) is 30.0. The largest absolute Gasteiger partial charge is 0.355 e. The smallest absolute Gasteiger partial charge is 0.0541 e. The molecule has 0 aliphatic rings. The summed E-state index contributed by atoms with van der Waals surface area (Å²) in [5, 5.41) is 6.40. The Kier molecular flexibility index (Phi) is 7.16. The van der Waals surface area contributed by atoms with Crippen LogP contribution in [0.3, 0.4) is 0 Å². The van der Waals surface area contributed by atoms with Crippen LogP contribution in [0.1, 0.15) is 105 Å². The van der Waals surface area contributed by atoms with E-state index in [2.05, 4.69) is 172 Å². The number of nitrogens with one attached hydrogen (secondary N) is 1. The molecule has 4 aromatic carbocycles. The monoisotopic (exact) mass is 558 g/mol. The molecule has 0 bridgehead atoms. The van der Waals surface area contributed by atoms with E-state index in [1.807, 2.05) is 0 Å². The fourth-order valence-corrected chi connectivity index (χ4v) is 5.69. The molecule has 0 unspecified atom stereocenters. The third-order valence-electron chi connectivity index (χ3n) is 8.56. The van der Waals surface area contributed by atoms with Gasteiger partial charge >= 0.3 is 0 Å². The van der Waals surface area contributed by atoms with Crippen LogP contribution in [0.5, 0.6) is 0 Å². The van der Waals surface area contributed by atoms with Crippen molar-refractivity contribution in [2.75, 3.05) is 5.32 Å². The minimum atomic E-state index is 0.0698. The summed E-state index contributed by atoms with van der Waals surface area (Å²) in [6, 6.07) is 29.9. The van der Waals surface area contributed by atoms with E-state index in [-0.39, 0.29) is 21.7 Å². The highest BCUT2D eigenvalue weighted by atomic mass is 15.0. The van der Waals surface area contributed by atoms with E-state index in [4.69, 9.17) is 0 Å². The van der Waals surface area contributed by atoms with E-state index in [0.717, 1.165) is 17.1 Å². The Morgan fingerprint density at radius 1 is 0.429 bits per heavy atom. The molecule has 0 aliphatic carbocycles. The molecular formula is C40H50N2. The average Bonchev–Trinajstić information content (AvgIpc) is 3.20. The Morgan fingerprint density at radius 3 is 1.31 bits per heavy atom. The summed E-state index contributed by atoms with van der Waals surface area (Å²) in [4.78, 5) is 0. The molecule has 0 radical (unpaired) electrons. The number of hydrogen-bond acceptors (Lipinski definition) is 1. The van der Waals surface area contributed by atoms with E-state index >= 15 is 0 Å². The zero-order valence-corrected chi connectivity index (χ0v) is 28.0. The molecule has 220 valence electrons. The fourth-order valence-electron chi connectivity index (χ4n) is 5.69. The highest BCUT2D eigenvalue weighted by Gasteiger charge is 2.22. The minimum absolute atomic E-state index is 0.0698. The molecule has 2 nitrogen and oxygen atoms in total. The van der Waals surface area contributed by atoms with Gasteiger partial charge in [0.15, 0.2) is 0 Å². The van der Waals surface area contributed by atoms with Crippen molar-refractivity contribution in [3.05, 3.63) is 101 Å². The topological polar surface area (TPSA) is 17.0 Å². The maximum absolute atomic E-state index is 3.77. The van der Waals surface area contributed by atoms with Crippen molar-refractivity contribution in [1.82, 2.24) is 4.57 Å². The van der Waals surface area contributed by atoms with Gasteiger partial charge in [-0.1, -0.05) is 107 Å². The summed E-state index contributed by atoms with van der Waals surface area (Å²) in [5.74, 6) is 0. The van der Waals surface area contributed by atoms with Gasteiger partial charge in [0.25, 0.3) is 0 Å². The predicted octanol–water partition coefficient (Wildman–Crippen LogP) is 11.7. The zero-order valence-electron chi connectivity index (χ0n) is 28.0. The normalized spacial score (nSPS) is 13.2. The molecule has 1 aromatic heterocycles. The summed E-state index contributed by atoms with van der Waals surface area (Å²) in [6.45, 7) is 27.5. The molecular weight excluding hydrogens is 508 g/mol. The van der Waals surface area contributed by atoms with E-state index in [9.17, 15) is 0 Å². The maximum atomic E-state index is 3.77. The third kappa shape index (κ3) is 5.87. The van der Waals surface area contributed by atoms with E-state index in [1.54, 1.807) is 0 Å². The molecule has 1 heterocycles. The Balaban J connectivity index is 1.67. The lowest BCUT2D eigenvalue weighted by atomic mass is 9.80. The van der Waals surface area contributed by atoms with Gasteiger partial charge in [0, 0.05) is 27.8 Å². The van der Waals surface area contributed by atoms with E-state index < -0.39 is 0 Å². The number of anilines is 2. The summed E-state index contributed by atoms with van der Waals surface area (Å²) in [5.41, 5.74) is 11.6. The lowest BCUT2D eigenvalue weighted by Gasteiger charge is -2.26. The van der Waals surface area contributed by atoms with Crippen molar-refractivity contribution >= 4 is 33.2 Å². The van der Waals surface area contributed by atoms with Gasteiger partial charge in [0.2, 0.25) is 0 Å². The SMILES string of the molecule is CC(C)(C)c1cc(Nc2cccc(-n3c4ccc(C(C)(C)C)cc4c4cc(C(C)(C)C)ccc43)c2)cc(C(C)(C)C)c1. The van der Waals surface area contributed by atoms with Crippen LogP contribution < -0.4 is 5.32 Å². The average molecular weight is 559 g/mol. The minimum Gasteiger partial charge on any atom is -0.355 e. The maximum Gasteiger partial charge on any atom is 0.0541 e. The molecule has 0 aliphatic heterocycles. The quantitative estimate of drug-likeness (QED) is 0.233. The standard InChI is InChI=1S/C40H50N2/c1-37(2,3)26-16-18-35-33(23-26)34-24-27(38(4,5)6)17-19-36(34)42(35)32-15-13-14-30(25-32)41-31-21-28(39(7,8)9)20-29(22-31)40(10,11)12/h13-25,41H,1-12H3. The van der Waals surface area contributed by atoms with Crippen LogP contribution in [0.2, 0.25) is 0 Å². The highest BCUT2D eigenvalue weighted by molar-refractivity contribution is 6.10. The molecule has 0 saturated carbocycles. The van der Waals surface area contributed by atoms with Crippen molar-refractivity contribution in [3.63, 3.8) is 0 Å². The Morgan fingerprint density at radius 2 is 0.881 bits per heavy atom. The Bertz CT molecular complexity index is 1670. The molecule has 0 spiro atoms. The van der Waals surface area contributed by atoms with Gasteiger partial charge in [0.05, 0.1) is 11.0 Å². The van der Waals surface area contributed by atoms with Gasteiger partial charge in [-0.3, -0.25) is 0 Å². The number of hydrogen-bond donors (Lipinski definition) is 1. The second-order valence-electron chi connectivity index (χ2n) is 16.3. The number of fused-ring (bicyclic) bond motifs is 3. The van der Waals surface area contributed by atoms with Gasteiger partial charge in [-0.2, -0.15) is 0 Å². The van der Waals surface area contributed by atoms with Crippen LogP contribution in [0.4, 0.5) is 11.4 Å². The molecule has 0 saturated heterocycles. The number of rotatable bonds is 3. The zero-order chi connectivity index (χ0) is 30.8. The first-order chi connectivity index (χ1) is 19.3. The van der Waals surface area contributed by atoms with Crippen LogP contribution in [-0.2, 0) is 21.7 Å². The Hall–Kier alpha value is -3.52. The van der Waals surface area contributed by atoms with Crippen molar-refractivity contribution in [1.29, 1.82) is 0 Å². The third-order valence-corrected chi connectivity index (χ3v) is 8.56. The summed E-state index contributed by atoms with van der Waals surface area (Å²) >= 11 is 0. The van der Waals surface area contributed by atoms with Crippen molar-refractivity contribution < 1.29 is 0 Å². The van der Waals surface area contributed by atoms with Gasteiger partial charge in [0.1, 0.15) is 0 Å². The molecule has 0 amide bonds. The van der Waals surface area contributed by atoms with E-state index in [0.29, 0.717) is 0 Å². The van der Waals surface area contributed by atoms with Gasteiger partial charge in [-0.25, -0.2) is 0 Å². The molecule has 42 heavy (non-hydrogen) atoms. The number of aromatic nitrogens is 1. The molecule has 5 aromatic rings. The van der Waals surface area contributed by atoms with Crippen LogP contribution >= 0.6 is 0 Å². The van der Waals surface area contributed by atoms with Gasteiger partial charge in [-0.15, -0.1) is 0 Å². The summed E-state index contributed by atoms with van der Waals surface area (Å²) in [7, 11) is 0. The van der Waals surface area contributed by atoms with Crippen molar-refractivity contribution in [2.24, 2.45) is 0 Å². The van der Waals surface area contributed by atoms with Crippen molar-refractivity contribution in [3.8, 4) is 5.69 Å². The molecule has 5 rings (SSSR count). The van der Waals surface area contributed by atoms with Crippen LogP contribution in [-0.4, -0.2) is 4.57 Å². The van der Waals surface area contributed by atoms with Gasteiger partial charge < -0.3 is 9.88 Å². The van der Waals surface area contributed by atoms with Gasteiger partial charge in [-0.05, 0) is 98.5 Å². The molecule has 0 atom stereocenters. The molecule has 0 fully saturated rings. The lowest BCUT2D eigenvalue weighted by Crippen LogP contribution is -2.16. The predicted molar refractivity (Wildman–Crippen MR) is 185 cm³/mol. The molecule has 1 N–H and O–H groups in total. The lowest BCUT2D eigenvalue weighted by molar-refractivity contribution is 0.569. The second kappa shape index (κ2) is 10.0. The first-order valence-electron chi connectivity index (χ1n) is 15.5. The second-order valence-corrected chi connectivity index (χ2v) is 16.3.